The first-order valence-electron chi connectivity index (χ1n) is 3.67. The summed E-state index contributed by atoms with van der Waals surface area (Å²) >= 11 is 5.69. The van der Waals surface area contributed by atoms with E-state index >= 15 is 0 Å². The summed E-state index contributed by atoms with van der Waals surface area (Å²) in [6.45, 7) is 11.1. The van der Waals surface area contributed by atoms with Gasteiger partial charge in [0, 0.05) is 6.20 Å². The Morgan fingerprint density at radius 1 is 1.45 bits per heavy atom. The molecule has 0 N–H and O–H groups in total. The van der Waals surface area contributed by atoms with Gasteiger partial charge < -0.3 is 0 Å². The second-order valence-electron chi connectivity index (χ2n) is 1.63. The van der Waals surface area contributed by atoms with E-state index in [1.165, 1.54) is 6.20 Å². The van der Waals surface area contributed by atoms with E-state index in [0.29, 0.717) is 5.03 Å². The molecule has 0 aromatic rings. The number of hydrogen-bond donors (Lipinski definition) is 0. The zero-order valence-electron chi connectivity index (χ0n) is 7.69. The van der Waals surface area contributed by atoms with E-state index in [1.54, 1.807) is 0 Å². The van der Waals surface area contributed by atoms with E-state index in [2.05, 4.69) is 11.7 Å². The van der Waals surface area contributed by atoms with Crippen LogP contribution in [0.1, 0.15) is 27.7 Å². The lowest BCUT2D eigenvalue weighted by molar-refractivity contribution is 1.42. The van der Waals surface area contributed by atoms with Crippen LogP contribution in [0.25, 0.3) is 0 Å². The van der Waals surface area contributed by atoms with Gasteiger partial charge in [-0.05, 0) is 26.1 Å². The van der Waals surface area contributed by atoms with E-state index in [-0.39, 0.29) is 0 Å². The van der Waals surface area contributed by atoms with Crippen molar-refractivity contribution in [2.75, 3.05) is 0 Å². The summed E-state index contributed by atoms with van der Waals surface area (Å²) < 4.78 is 0. The Balaban J connectivity index is 0. The molecule has 0 heterocycles. The molecule has 0 aromatic heterocycles. The summed E-state index contributed by atoms with van der Waals surface area (Å²) in [6, 6.07) is 0. The summed E-state index contributed by atoms with van der Waals surface area (Å²) in [7, 11) is 0. The minimum atomic E-state index is 0.646. The smallest absolute Gasteiger partial charge is 0.0614 e. The fourth-order valence-corrected chi connectivity index (χ4v) is 0.498. The Labute approximate surface area is 74.5 Å². The van der Waals surface area contributed by atoms with Gasteiger partial charge in [-0.1, -0.05) is 31.5 Å². The molecule has 0 saturated heterocycles. The van der Waals surface area contributed by atoms with Gasteiger partial charge in [0.2, 0.25) is 0 Å². The van der Waals surface area contributed by atoms with Crippen LogP contribution in [0.5, 0.6) is 0 Å². The molecule has 0 aromatic carbocycles. The summed E-state index contributed by atoms with van der Waals surface area (Å²) in [5.74, 6) is 0. The van der Waals surface area contributed by atoms with Crippen LogP contribution in [-0.4, -0.2) is 6.72 Å². The third-order valence-corrected chi connectivity index (χ3v) is 1.41. The SMILES string of the molecule is C=N/C=C(Cl)\C(C)=C/C.CC. The summed E-state index contributed by atoms with van der Waals surface area (Å²) in [5, 5.41) is 0.646. The topological polar surface area (TPSA) is 12.4 Å². The summed E-state index contributed by atoms with van der Waals surface area (Å²) in [6.07, 6.45) is 3.45. The number of nitrogens with zero attached hydrogens (tertiary/aromatic N) is 1. The highest BCUT2D eigenvalue weighted by Gasteiger charge is 1.89. The van der Waals surface area contributed by atoms with E-state index in [0.717, 1.165) is 5.57 Å². The minimum absolute atomic E-state index is 0.646. The van der Waals surface area contributed by atoms with Crippen LogP contribution in [0.4, 0.5) is 0 Å². The van der Waals surface area contributed by atoms with E-state index in [4.69, 9.17) is 11.6 Å². The van der Waals surface area contributed by atoms with Gasteiger partial charge >= 0.3 is 0 Å². The largest absolute Gasteiger partial charge is 0.271 e. The molecule has 0 bridgehead atoms. The third kappa shape index (κ3) is 7.34. The molecule has 0 aliphatic carbocycles. The van der Waals surface area contributed by atoms with Gasteiger partial charge in [0.15, 0.2) is 0 Å². The Morgan fingerprint density at radius 2 is 1.91 bits per heavy atom. The van der Waals surface area contributed by atoms with Crippen LogP contribution in [0, 0.1) is 0 Å². The Kier molecular flexibility index (Phi) is 11.2. The number of hydrogen-bond acceptors (Lipinski definition) is 1. The zero-order valence-corrected chi connectivity index (χ0v) is 8.44. The van der Waals surface area contributed by atoms with Crippen LogP contribution in [-0.2, 0) is 0 Å². The van der Waals surface area contributed by atoms with Crippen molar-refractivity contribution in [3.63, 3.8) is 0 Å². The predicted molar refractivity (Wildman–Crippen MR) is 54.3 cm³/mol. The van der Waals surface area contributed by atoms with Crippen molar-refractivity contribution in [3.8, 4) is 0 Å². The first-order valence-corrected chi connectivity index (χ1v) is 4.05. The van der Waals surface area contributed by atoms with E-state index < -0.39 is 0 Å². The van der Waals surface area contributed by atoms with E-state index in [9.17, 15) is 0 Å². The summed E-state index contributed by atoms with van der Waals surface area (Å²) in [5.41, 5.74) is 1.02. The van der Waals surface area contributed by atoms with Gasteiger partial charge in [-0.25, -0.2) is 0 Å². The Morgan fingerprint density at radius 3 is 2.18 bits per heavy atom. The molecule has 0 rings (SSSR count). The Bertz CT molecular complexity index is 157. The zero-order chi connectivity index (χ0) is 9.28. The van der Waals surface area contributed by atoms with Crippen molar-refractivity contribution in [2.24, 2.45) is 4.99 Å². The molecular formula is C9H16ClN. The van der Waals surface area contributed by atoms with Crippen molar-refractivity contribution in [1.82, 2.24) is 0 Å². The van der Waals surface area contributed by atoms with Gasteiger partial charge in [-0.3, -0.25) is 4.99 Å². The van der Waals surface area contributed by atoms with Crippen molar-refractivity contribution in [1.29, 1.82) is 0 Å². The molecule has 0 spiro atoms. The van der Waals surface area contributed by atoms with Crippen molar-refractivity contribution in [2.45, 2.75) is 27.7 Å². The molecule has 0 amide bonds. The molecule has 0 saturated carbocycles. The highest BCUT2D eigenvalue weighted by atomic mass is 35.5. The van der Waals surface area contributed by atoms with Crippen LogP contribution < -0.4 is 0 Å². The summed E-state index contributed by atoms with van der Waals surface area (Å²) in [4.78, 5) is 3.52. The van der Waals surface area contributed by atoms with Crippen molar-refractivity contribution >= 4 is 18.3 Å². The maximum absolute atomic E-state index is 5.69. The van der Waals surface area contributed by atoms with Gasteiger partial charge in [-0.15, -0.1) is 0 Å². The maximum Gasteiger partial charge on any atom is 0.0614 e. The lowest BCUT2D eigenvalue weighted by Crippen LogP contribution is -1.71. The van der Waals surface area contributed by atoms with Crippen LogP contribution in [0.15, 0.2) is 27.9 Å². The third-order valence-electron chi connectivity index (χ3n) is 1.01. The molecule has 0 atom stereocenters. The molecule has 0 radical (unpaired) electrons. The molecule has 0 unspecified atom stereocenters. The highest BCUT2D eigenvalue weighted by Crippen LogP contribution is 2.12. The second-order valence-corrected chi connectivity index (χ2v) is 2.04. The lowest BCUT2D eigenvalue weighted by atomic mass is 10.3. The molecule has 0 fully saturated rings. The monoisotopic (exact) mass is 173 g/mol. The predicted octanol–water partition coefficient (Wildman–Crippen LogP) is 3.76. The van der Waals surface area contributed by atoms with Gasteiger partial charge in [0.25, 0.3) is 0 Å². The Hall–Kier alpha value is -0.560. The normalized spacial score (nSPS) is 11.7. The number of halogens is 1. The number of allylic oxidation sites excluding steroid dienone is 3. The molecule has 0 aliphatic heterocycles. The van der Waals surface area contributed by atoms with Gasteiger partial charge in [0.05, 0.1) is 5.03 Å². The van der Waals surface area contributed by atoms with Crippen molar-refractivity contribution < 1.29 is 0 Å². The molecule has 0 aliphatic rings. The lowest BCUT2D eigenvalue weighted by Gasteiger charge is -1.92. The first-order chi connectivity index (χ1) is 5.22. The van der Waals surface area contributed by atoms with Crippen LogP contribution in [0.2, 0.25) is 0 Å². The molecule has 64 valence electrons. The fourth-order valence-electron chi connectivity index (χ4n) is 0.320. The highest BCUT2D eigenvalue weighted by molar-refractivity contribution is 6.31. The maximum atomic E-state index is 5.69. The molecular weight excluding hydrogens is 158 g/mol. The molecule has 11 heavy (non-hydrogen) atoms. The van der Waals surface area contributed by atoms with Crippen LogP contribution in [0.3, 0.4) is 0 Å². The van der Waals surface area contributed by atoms with E-state index in [1.807, 2.05) is 33.8 Å². The average Bonchev–Trinajstić information content (AvgIpc) is 2.07. The second kappa shape index (κ2) is 9.44. The molecule has 2 heteroatoms. The van der Waals surface area contributed by atoms with Crippen LogP contribution >= 0.6 is 11.6 Å². The standard InChI is InChI=1S/C7H10ClN.C2H6/c1-4-6(2)7(8)5-9-3;1-2/h4-5H,3H2,1-2H3;1-2H3/b6-4-,7-5+;. The van der Waals surface area contributed by atoms with Gasteiger partial charge in [0.1, 0.15) is 0 Å². The molecule has 1 nitrogen and oxygen atoms in total. The first kappa shape index (κ1) is 13.1. The minimum Gasteiger partial charge on any atom is -0.271 e. The van der Waals surface area contributed by atoms with Crippen molar-refractivity contribution in [3.05, 3.63) is 22.9 Å². The quantitative estimate of drug-likeness (QED) is 0.446. The number of aliphatic imine (C=N–C) groups is 1. The van der Waals surface area contributed by atoms with Gasteiger partial charge in [-0.2, -0.15) is 0 Å². The fraction of sp³-hybridized carbons (Fsp3) is 0.444. The average molecular weight is 174 g/mol. The number of rotatable bonds is 2.